The van der Waals surface area contributed by atoms with Crippen molar-refractivity contribution in [3.05, 3.63) is 0 Å². The van der Waals surface area contributed by atoms with E-state index in [1.165, 1.54) is 0 Å². The van der Waals surface area contributed by atoms with Gasteiger partial charge in [0.1, 0.15) is 0 Å². The van der Waals surface area contributed by atoms with Crippen molar-refractivity contribution < 1.29 is 19.4 Å². The maximum absolute atomic E-state index is 12.5. The molecule has 7 heteroatoms. The van der Waals surface area contributed by atoms with Crippen LogP contribution in [0.15, 0.2) is 0 Å². The zero-order chi connectivity index (χ0) is 15.9. The first-order valence-corrected chi connectivity index (χ1v) is 9.72. The lowest BCUT2D eigenvalue weighted by atomic mass is 9.99. The summed E-state index contributed by atoms with van der Waals surface area (Å²) in [5.41, 5.74) is 5.45. The van der Waals surface area contributed by atoms with Crippen LogP contribution < -0.4 is 5.73 Å². The predicted octanol–water partition coefficient (Wildman–Crippen LogP) is 1.72. The van der Waals surface area contributed by atoms with Gasteiger partial charge in [-0.15, -0.1) is 0 Å². The van der Waals surface area contributed by atoms with Crippen LogP contribution in [0.4, 0.5) is 0 Å². The molecule has 0 spiro atoms. The van der Waals surface area contributed by atoms with Crippen molar-refractivity contribution in [2.75, 3.05) is 32.3 Å². The van der Waals surface area contributed by atoms with Crippen LogP contribution in [-0.4, -0.2) is 58.4 Å². The van der Waals surface area contributed by atoms with Crippen LogP contribution in [0.1, 0.15) is 45.4 Å². The number of unbranched alkanes of at least 4 members (excludes halogenated alkanes) is 3. The molecule has 1 aliphatic rings. The van der Waals surface area contributed by atoms with E-state index in [1.54, 1.807) is 0 Å². The third-order valence-corrected chi connectivity index (χ3v) is 7.09. The Bertz CT molecular complexity index is 391. The molecule has 0 bridgehead atoms. The van der Waals surface area contributed by atoms with Crippen molar-refractivity contribution in [1.29, 1.82) is 0 Å². The molecule has 1 saturated heterocycles. The Hall–Kier alpha value is -0.420. The molecule has 0 saturated carbocycles. The SMILES string of the molecule is CCCCCN1CCP(=O)(O)C(CCCCN)(C(=O)O)C1. The Morgan fingerprint density at radius 1 is 1.33 bits per heavy atom. The second-order valence-corrected chi connectivity index (χ2v) is 8.70. The van der Waals surface area contributed by atoms with E-state index in [1.807, 2.05) is 4.90 Å². The van der Waals surface area contributed by atoms with Crippen LogP contribution in [0.3, 0.4) is 0 Å². The number of aliphatic carboxylic acids is 1. The number of carbonyl (C=O) groups is 1. The molecule has 0 aliphatic carbocycles. The second kappa shape index (κ2) is 8.28. The molecule has 4 N–H and O–H groups in total. The fraction of sp³-hybridized carbons (Fsp3) is 0.929. The van der Waals surface area contributed by atoms with Crippen molar-refractivity contribution in [3.8, 4) is 0 Å². The number of carboxylic acids is 1. The van der Waals surface area contributed by atoms with Gasteiger partial charge in [-0.05, 0) is 32.4 Å². The van der Waals surface area contributed by atoms with Gasteiger partial charge in [-0.1, -0.05) is 26.2 Å². The van der Waals surface area contributed by atoms with Gasteiger partial charge in [-0.2, -0.15) is 0 Å². The van der Waals surface area contributed by atoms with E-state index in [4.69, 9.17) is 5.73 Å². The number of hydrogen-bond donors (Lipinski definition) is 3. The Labute approximate surface area is 127 Å². The van der Waals surface area contributed by atoms with E-state index >= 15 is 0 Å². The minimum absolute atomic E-state index is 0.0774. The van der Waals surface area contributed by atoms with Gasteiger partial charge in [0.15, 0.2) is 5.16 Å². The molecule has 2 atom stereocenters. The van der Waals surface area contributed by atoms with E-state index in [2.05, 4.69) is 6.92 Å². The minimum atomic E-state index is -3.68. The van der Waals surface area contributed by atoms with E-state index in [0.29, 0.717) is 25.9 Å². The highest BCUT2D eigenvalue weighted by Gasteiger charge is 2.56. The quantitative estimate of drug-likeness (QED) is 0.441. The van der Waals surface area contributed by atoms with E-state index in [-0.39, 0.29) is 19.1 Å². The molecule has 2 unspecified atom stereocenters. The highest BCUT2D eigenvalue weighted by molar-refractivity contribution is 7.61. The van der Waals surface area contributed by atoms with Crippen molar-refractivity contribution in [1.82, 2.24) is 4.90 Å². The lowest BCUT2D eigenvalue weighted by molar-refractivity contribution is -0.141. The number of carboxylic acid groups (broad SMARTS) is 1. The fourth-order valence-electron chi connectivity index (χ4n) is 2.97. The van der Waals surface area contributed by atoms with Crippen LogP contribution in [-0.2, 0) is 9.36 Å². The molecule has 1 heterocycles. The zero-order valence-corrected chi connectivity index (χ0v) is 13.9. The fourth-order valence-corrected chi connectivity index (χ4v) is 5.18. The molecule has 0 aromatic carbocycles. The summed E-state index contributed by atoms with van der Waals surface area (Å²) in [6, 6.07) is 0. The average molecular weight is 320 g/mol. The van der Waals surface area contributed by atoms with Gasteiger partial charge in [0.05, 0.1) is 0 Å². The van der Waals surface area contributed by atoms with Crippen molar-refractivity contribution in [2.24, 2.45) is 5.73 Å². The van der Waals surface area contributed by atoms with Crippen LogP contribution >= 0.6 is 7.37 Å². The highest BCUT2D eigenvalue weighted by atomic mass is 31.2. The molecule has 0 aromatic rings. The highest BCUT2D eigenvalue weighted by Crippen LogP contribution is 2.59. The summed E-state index contributed by atoms with van der Waals surface area (Å²) in [4.78, 5) is 24.1. The summed E-state index contributed by atoms with van der Waals surface area (Å²) < 4.78 is 12.5. The zero-order valence-electron chi connectivity index (χ0n) is 13.0. The van der Waals surface area contributed by atoms with E-state index in [9.17, 15) is 19.4 Å². The summed E-state index contributed by atoms with van der Waals surface area (Å²) in [6.07, 6.45) is 4.78. The molecule has 21 heavy (non-hydrogen) atoms. The largest absolute Gasteiger partial charge is 0.480 e. The normalized spacial score (nSPS) is 30.4. The summed E-state index contributed by atoms with van der Waals surface area (Å²) >= 11 is 0. The molecular weight excluding hydrogens is 291 g/mol. The molecule has 1 rings (SSSR count). The third kappa shape index (κ3) is 4.52. The first-order valence-electron chi connectivity index (χ1n) is 7.87. The molecule has 1 aliphatic heterocycles. The third-order valence-electron chi connectivity index (χ3n) is 4.39. The van der Waals surface area contributed by atoms with Gasteiger partial charge >= 0.3 is 5.97 Å². The van der Waals surface area contributed by atoms with Gasteiger partial charge < -0.3 is 20.6 Å². The molecule has 124 valence electrons. The van der Waals surface area contributed by atoms with E-state index in [0.717, 1.165) is 25.8 Å². The Morgan fingerprint density at radius 2 is 2.05 bits per heavy atom. The van der Waals surface area contributed by atoms with Crippen molar-refractivity contribution in [2.45, 2.75) is 50.6 Å². The van der Waals surface area contributed by atoms with Gasteiger partial charge in [0.2, 0.25) is 7.37 Å². The number of nitrogens with zero attached hydrogens (tertiary/aromatic N) is 1. The van der Waals surface area contributed by atoms with Crippen molar-refractivity contribution >= 4 is 13.3 Å². The lowest BCUT2D eigenvalue weighted by Gasteiger charge is -2.43. The second-order valence-electron chi connectivity index (χ2n) is 5.99. The van der Waals surface area contributed by atoms with Gasteiger partial charge in [-0.25, -0.2) is 0 Å². The smallest absolute Gasteiger partial charge is 0.320 e. The van der Waals surface area contributed by atoms with Gasteiger partial charge in [0.25, 0.3) is 0 Å². The van der Waals surface area contributed by atoms with Crippen LogP contribution in [0.2, 0.25) is 0 Å². The summed E-state index contributed by atoms with van der Waals surface area (Å²) in [5, 5.41) is 8.12. The van der Waals surface area contributed by atoms with Gasteiger partial charge in [0, 0.05) is 19.3 Å². The molecule has 0 amide bonds. The monoisotopic (exact) mass is 320 g/mol. The topological polar surface area (TPSA) is 104 Å². The molecule has 0 radical (unpaired) electrons. The number of hydrogen-bond acceptors (Lipinski definition) is 4. The molecule has 1 fully saturated rings. The van der Waals surface area contributed by atoms with E-state index < -0.39 is 18.5 Å². The maximum atomic E-state index is 12.5. The van der Waals surface area contributed by atoms with Crippen LogP contribution in [0.5, 0.6) is 0 Å². The number of nitrogens with two attached hydrogens (primary N) is 1. The summed E-state index contributed by atoms with van der Waals surface area (Å²) in [6.45, 7) is 4.10. The standard InChI is InChI=1S/C14H29N2O4P/c1-2-3-6-9-16-10-11-21(19,20)14(12-16,13(17)18)7-4-5-8-15/h2-12,15H2,1H3,(H,17,18)(H,19,20). The Balaban J connectivity index is 2.82. The van der Waals surface area contributed by atoms with Crippen LogP contribution in [0, 0.1) is 0 Å². The Morgan fingerprint density at radius 3 is 2.62 bits per heavy atom. The first-order chi connectivity index (χ1) is 9.89. The first kappa shape index (κ1) is 18.6. The summed E-state index contributed by atoms with van der Waals surface area (Å²) in [5.74, 6) is -1.13. The number of rotatable bonds is 9. The van der Waals surface area contributed by atoms with Crippen LogP contribution in [0.25, 0.3) is 0 Å². The maximum Gasteiger partial charge on any atom is 0.320 e. The Kier molecular flexibility index (Phi) is 7.34. The minimum Gasteiger partial charge on any atom is -0.480 e. The van der Waals surface area contributed by atoms with Gasteiger partial charge in [-0.3, -0.25) is 9.36 Å². The summed E-state index contributed by atoms with van der Waals surface area (Å²) in [7, 11) is -3.68. The average Bonchev–Trinajstić information content (AvgIpc) is 2.42. The molecule has 6 nitrogen and oxygen atoms in total. The predicted molar refractivity (Wildman–Crippen MR) is 83.9 cm³/mol. The van der Waals surface area contributed by atoms with Crippen molar-refractivity contribution in [3.63, 3.8) is 0 Å². The lowest BCUT2D eigenvalue weighted by Crippen LogP contribution is -2.54. The molecule has 0 aromatic heterocycles. The molecular formula is C14H29N2O4P.